The maximum absolute atomic E-state index is 13.6. The average molecular weight is 243 g/mol. The summed E-state index contributed by atoms with van der Waals surface area (Å²) in [7, 11) is 2.37. The van der Waals surface area contributed by atoms with Gasteiger partial charge in [-0.3, -0.25) is 5.09 Å². The Hall–Kier alpha value is -0.990. The zero-order chi connectivity index (χ0) is 11.5. The van der Waals surface area contributed by atoms with E-state index in [4.69, 9.17) is 4.74 Å². The Morgan fingerprint density at radius 2 is 2.19 bits per heavy atom. The molecule has 16 heavy (non-hydrogen) atoms. The molecule has 3 atom stereocenters. The molecule has 86 valence electrons. The molecule has 1 N–H and O–H groups in total. The highest BCUT2D eigenvalue weighted by atomic mass is 31.0. The van der Waals surface area contributed by atoms with Crippen LogP contribution in [0.1, 0.15) is 18.1 Å². The molecule has 0 amide bonds. The van der Waals surface area contributed by atoms with Gasteiger partial charge in [-0.05, 0) is 30.7 Å². The zero-order valence-corrected chi connectivity index (χ0v) is 9.64. The summed E-state index contributed by atoms with van der Waals surface area (Å²) in [5.41, 5.74) is 0.240. The highest BCUT2D eigenvalue weighted by Gasteiger charge is 2.27. The van der Waals surface area contributed by atoms with E-state index in [9.17, 15) is 8.78 Å². The normalized spacial score (nSPS) is 24.2. The summed E-state index contributed by atoms with van der Waals surface area (Å²) in [5, 5.41) is 2.95. The van der Waals surface area contributed by atoms with Crippen LogP contribution in [0, 0.1) is 11.6 Å². The first kappa shape index (κ1) is 11.5. The van der Waals surface area contributed by atoms with Crippen LogP contribution in [-0.2, 0) is 4.74 Å². The molecule has 1 aromatic carbocycles. The van der Waals surface area contributed by atoms with Crippen LogP contribution in [0.4, 0.5) is 8.78 Å². The maximum Gasteiger partial charge on any atom is 0.141 e. The first-order valence-electron chi connectivity index (χ1n) is 4.94. The predicted molar refractivity (Wildman–Crippen MR) is 60.6 cm³/mol. The van der Waals surface area contributed by atoms with E-state index in [-0.39, 0.29) is 11.6 Å². The first-order chi connectivity index (χ1) is 7.72. The molecule has 2 rings (SSSR count). The van der Waals surface area contributed by atoms with E-state index < -0.39 is 17.7 Å². The summed E-state index contributed by atoms with van der Waals surface area (Å²) in [6, 6.07) is 3.31. The van der Waals surface area contributed by atoms with E-state index >= 15 is 0 Å². The molecular weight excluding hydrogens is 231 g/mol. The number of halogens is 2. The molecule has 1 unspecified atom stereocenters. The summed E-state index contributed by atoms with van der Waals surface area (Å²) < 4.78 is 32.0. The van der Waals surface area contributed by atoms with Crippen molar-refractivity contribution >= 4 is 9.39 Å². The lowest BCUT2D eigenvalue weighted by atomic mass is 9.98. The highest BCUT2D eigenvalue weighted by molar-refractivity contribution is 7.13. The van der Waals surface area contributed by atoms with Crippen LogP contribution >= 0.6 is 9.39 Å². The minimum Gasteiger partial charge on any atom is -0.492 e. The molecule has 0 radical (unpaired) electrons. The molecule has 1 aliphatic rings. The summed E-state index contributed by atoms with van der Waals surface area (Å²) in [4.78, 5) is 0. The van der Waals surface area contributed by atoms with Crippen molar-refractivity contribution in [2.24, 2.45) is 0 Å². The van der Waals surface area contributed by atoms with Crippen molar-refractivity contribution in [3.8, 4) is 0 Å². The number of nitrogens with one attached hydrogen (secondary N) is 1. The number of benzene rings is 1. The third-order valence-corrected chi connectivity index (χ3v) is 2.98. The van der Waals surface area contributed by atoms with Gasteiger partial charge in [0.05, 0.1) is 12.3 Å². The van der Waals surface area contributed by atoms with Crippen LogP contribution in [0.25, 0.3) is 0 Å². The van der Waals surface area contributed by atoms with Gasteiger partial charge in [-0.2, -0.15) is 0 Å². The van der Waals surface area contributed by atoms with Gasteiger partial charge in [0, 0.05) is 5.56 Å². The Balaban J connectivity index is 2.34. The van der Waals surface area contributed by atoms with E-state index in [1.165, 1.54) is 12.3 Å². The van der Waals surface area contributed by atoms with Crippen molar-refractivity contribution < 1.29 is 13.5 Å². The summed E-state index contributed by atoms with van der Waals surface area (Å²) in [6.07, 6.45) is 3.57. The van der Waals surface area contributed by atoms with Gasteiger partial charge in [-0.15, -0.1) is 0 Å². The Morgan fingerprint density at radius 3 is 2.94 bits per heavy atom. The first-order valence-corrected chi connectivity index (χ1v) is 5.51. The van der Waals surface area contributed by atoms with Crippen LogP contribution in [0.5, 0.6) is 0 Å². The smallest absolute Gasteiger partial charge is 0.141 e. The molecule has 0 saturated heterocycles. The fraction of sp³-hybridized carbons (Fsp3) is 0.273. The Labute approximate surface area is 94.9 Å². The fourth-order valence-electron chi connectivity index (χ4n) is 1.74. The second kappa shape index (κ2) is 4.89. The Morgan fingerprint density at radius 1 is 1.38 bits per heavy atom. The van der Waals surface area contributed by atoms with Crippen molar-refractivity contribution in [2.75, 3.05) is 0 Å². The minimum absolute atomic E-state index is 0.0775. The third kappa shape index (κ3) is 2.23. The van der Waals surface area contributed by atoms with Gasteiger partial charge in [-0.1, -0.05) is 9.39 Å². The van der Waals surface area contributed by atoms with Crippen LogP contribution < -0.4 is 5.09 Å². The van der Waals surface area contributed by atoms with Gasteiger partial charge in [0.2, 0.25) is 0 Å². The maximum atomic E-state index is 13.6. The molecule has 1 aliphatic heterocycles. The quantitative estimate of drug-likeness (QED) is 0.806. The molecule has 0 aromatic heterocycles. The zero-order valence-electron chi connectivity index (χ0n) is 8.49. The van der Waals surface area contributed by atoms with Gasteiger partial charge in [0.15, 0.2) is 0 Å². The molecule has 0 bridgehead atoms. The van der Waals surface area contributed by atoms with E-state index in [0.717, 1.165) is 12.1 Å². The Kier molecular flexibility index (Phi) is 3.52. The van der Waals surface area contributed by atoms with E-state index in [1.54, 1.807) is 0 Å². The van der Waals surface area contributed by atoms with Gasteiger partial charge < -0.3 is 4.74 Å². The fourth-order valence-corrected chi connectivity index (χ4v) is 2.05. The molecule has 5 heteroatoms. The van der Waals surface area contributed by atoms with Crippen molar-refractivity contribution in [1.82, 2.24) is 5.09 Å². The Bertz CT molecular complexity index is 411. The molecule has 2 nitrogen and oxygen atoms in total. The minimum atomic E-state index is -0.502. The summed E-state index contributed by atoms with van der Waals surface area (Å²) >= 11 is 0. The lowest BCUT2D eigenvalue weighted by Crippen LogP contribution is -2.31. The molecule has 1 aromatic rings. The lowest BCUT2D eigenvalue weighted by Gasteiger charge is -2.28. The van der Waals surface area contributed by atoms with E-state index in [2.05, 4.69) is 14.5 Å². The molecular formula is C11H12F2NOP. The van der Waals surface area contributed by atoms with Crippen molar-refractivity contribution in [3.63, 3.8) is 0 Å². The van der Waals surface area contributed by atoms with Crippen LogP contribution in [-0.4, -0.2) is 6.04 Å². The van der Waals surface area contributed by atoms with Crippen molar-refractivity contribution in [3.05, 3.63) is 47.7 Å². The molecule has 0 fully saturated rings. The lowest BCUT2D eigenvalue weighted by molar-refractivity contribution is 0.0971. The predicted octanol–water partition coefficient (Wildman–Crippen LogP) is 2.69. The third-order valence-electron chi connectivity index (χ3n) is 2.56. The largest absolute Gasteiger partial charge is 0.492 e. The monoisotopic (exact) mass is 243 g/mol. The molecule has 1 heterocycles. The van der Waals surface area contributed by atoms with Crippen LogP contribution in [0.2, 0.25) is 0 Å². The number of rotatable bonds is 2. The van der Waals surface area contributed by atoms with Crippen molar-refractivity contribution in [1.29, 1.82) is 0 Å². The van der Waals surface area contributed by atoms with Crippen LogP contribution in [0.15, 0.2) is 30.5 Å². The van der Waals surface area contributed by atoms with Gasteiger partial charge in [0.25, 0.3) is 0 Å². The van der Waals surface area contributed by atoms with Gasteiger partial charge >= 0.3 is 0 Å². The number of hydrogen-bond acceptors (Lipinski definition) is 2. The molecule has 0 spiro atoms. The van der Waals surface area contributed by atoms with E-state index in [1.807, 2.05) is 6.08 Å². The number of ether oxygens (including phenoxy) is 1. The summed E-state index contributed by atoms with van der Waals surface area (Å²) in [6.45, 7) is 0. The standard InChI is InChI=1S/C11H12F2NOP/c12-7-3-4-9(13)8(6-7)11-10(14-16)2-1-5-15-11/h1,3-6,10-11,14H,2,16H2/t10-,11+/m0/s1. The second-order valence-electron chi connectivity index (χ2n) is 3.60. The molecule has 0 aliphatic carbocycles. The van der Waals surface area contributed by atoms with Gasteiger partial charge in [0.1, 0.15) is 17.7 Å². The summed E-state index contributed by atoms with van der Waals surface area (Å²) in [5.74, 6) is -0.913. The SMILES string of the molecule is Fc1ccc(F)c([C@H]2OC=CC[C@@H]2NP)c1. The van der Waals surface area contributed by atoms with E-state index in [0.29, 0.717) is 6.42 Å². The highest BCUT2D eigenvalue weighted by Crippen LogP contribution is 2.30. The van der Waals surface area contributed by atoms with Gasteiger partial charge in [-0.25, -0.2) is 8.78 Å². The van der Waals surface area contributed by atoms with Crippen molar-refractivity contribution in [2.45, 2.75) is 18.6 Å². The average Bonchev–Trinajstić information content (AvgIpc) is 2.32. The van der Waals surface area contributed by atoms with Crippen LogP contribution in [0.3, 0.4) is 0 Å². The molecule has 0 saturated carbocycles. The number of hydrogen-bond donors (Lipinski definition) is 1. The topological polar surface area (TPSA) is 21.3 Å². The second-order valence-corrected chi connectivity index (χ2v) is 3.94.